The van der Waals surface area contributed by atoms with E-state index in [4.69, 9.17) is 16.3 Å². The number of morpholine rings is 1. The van der Waals surface area contributed by atoms with Gasteiger partial charge in [0.15, 0.2) is 0 Å². The van der Waals surface area contributed by atoms with Gasteiger partial charge in [0.2, 0.25) is 15.9 Å². The van der Waals surface area contributed by atoms with E-state index in [1.165, 1.54) is 9.87 Å². The van der Waals surface area contributed by atoms with E-state index in [1.807, 2.05) is 12.1 Å². The van der Waals surface area contributed by atoms with Gasteiger partial charge >= 0.3 is 0 Å². The number of nitrogens with zero attached hydrogens (tertiary/aromatic N) is 2. The molecule has 2 fully saturated rings. The van der Waals surface area contributed by atoms with E-state index in [1.54, 1.807) is 24.3 Å². The quantitative estimate of drug-likeness (QED) is 0.596. The molecule has 0 bridgehead atoms. The number of hydrogen-bond acceptors (Lipinski definition) is 5. The van der Waals surface area contributed by atoms with Crippen LogP contribution in [0.5, 0.6) is 0 Å². The molecule has 184 valence electrons. The summed E-state index contributed by atoms with van der Waals surface area (Å²) in [6.45, 7) is 5.52. The summed E-state index contributed by atoms with van der Waals surface area (Å²) in [7, 11) is -3.42. The second kappa shape index (κ2) is 11.6. The van der Waals surface area contributed by atoms with Gasteiger partial charge in [-0.25, -0.2) is 12.7 Å². The van der Waals surface area contributed by atoms with Crippen molar-refractivity contribution in [2.24, 2.45) is 5.92 Å². The van der Waals surface area contributed by atoms with Gasteiger partial charge in [0, 0.05) is 50.2 Å². The highest BCUT2D eigenvalue weighted by Crippen LogP contribution is 2.22. The molecular weight excluding hydrogens is 474 g/mol. The fourth-order valence-corrected chi connectivity index (χ4v) is 6.16. The Morgan fingerprint density at radius 1 is 0.971 bits per heavy atom. The third-order valence-corrected chi connectivity index (χ3v) is 8.55. The van der Waals surface area contributed by atoms with Crippen LogP contribution in [0.15, 0.2) is 48.5 Å². The SMILES string of the molecule is O=C(NCc1cccc(CN2CCOCC2)c1)C1CCN(S(=O)(=O)Cc2ccc(Cl)cc2)CC1. The smallest absolute Gasteiger partial charge is 0.223 e. The van der Waals surface area contributed by atoms with E-state index in [-0.39, 0.29) is 17.6 Å². The van der Waals surface area contributed by atoms with Gasteiger partial charge in [0.1, 0.15) is 0 Å². The molecule has 2 aromatic carbocycles. The van der Waals surface area contributed by atoms with Crippen LogP contribution < -0.4 is 5.32 Å². The van der Waals surface area contributed by atoms with Crippen LogP contribution in [0.4, 0.5) is 0 Å². The van der Waals surface area contributed by atoms with Gasteiger partial charge in [-0.05, 0) is 41.7 Å². The molecule has 0 radical (unpaired) electrons. The minimum atomic E-state index is -3.42. The molecule has 7 nitrogen and oxygen atoms in total. The van der Waals surface area contributed by atoms with Gasteiger partial charge in [0.25, 0.3) is 0 Å². The average Bonchev–Trinajstić information content (AvgIpc) is 2.85. The Labute approximate surface area is 207 Å². The third kappa shape index (κ3) is 7.02. The van der Waals surface area contributed by atoms with Crippen molar-refractivity contribution >= 4 is 27.5 Å². The maximum Gasteiger partial charge on any atom is 0.223 e. The molecule has 0 aliphatic carbocycles. The predicted molar refractivity (Wildman–Crippen MR) is 133 cm³/mol. The first-order valence-corrected chi connectivity index (χ1v) is 13.8. The van der Waals surface area contributed by atoms with E-state index in [2.05, 4.69) is 22.3 Å². The number of carbonyl (C=O) groups excluding carboxylic acids is 1. The van der Waals surface area contributed by atoms with Crippen LogP contribution in [0.3, 0.4) is 0 Å². The molecule has 0 aromatic heterocycles. The molecule has 2 aliphatic rings. The normalized spacial score (nSPS) is 18.6. The lowest BCUT2D eigenvalue weighted by molar-refractivity contribution is -0.126. The summed E-state index contributed by atoms with van der Waals surface area (Å²) in [5.41, 5.74) is 3.01. The van der Waals surface area contributed by atoms with Crippen molar-refractivity contribution < 1.29 is 17.9 Å². The molecule has 0 unspecified atom stereocenters. The Bertz CT molecular complexity index is 1060. The number of carbonyl (C=O) groups is 1. The molecule has 2 heterocycles. The molecule has 2 aliphatic heterocycles. The molecule has 0 atom stereocenters. The molecular formula is C25H32ClN3O4S. The standard InChI is InChI=1S/C25H32ClN3O4S/c26-24-6-4-20(5-7-24)19-34(31,32)29-10-8-23(9-11-29)25(30)27-17-21-2-1-3-22(16-21)18-28-12-14-33-15-13-28/h1-7,16,23H,8-15,17-19H2,(H,27,30). The first-order valence-electron chi connectivity index (χ1n) is 11.8. The maximum atomic E-state index is 12.8. The van der Waals surface area contributed by atoms with Crippen molar-refractivity contribution in [1.82, 2.24) is 14.5 Å². The second-order valence-corrected chi connectivity index (χ2v) is 11.4. The lowest BCUT2D eigenvalue weighted by Crippen LogP contribution is -2.43. The Balaban J connectivity index is 1.23. The average molecular weight is 506 g/mol. The van der Waals surface area contributed by atoms with E-state index >= 15 is 0 Å². The summed E-state index contributed by atoms with van der Waals surface area (Å²) >= 11 is 5.89. The van der Waals surface area contributed by atoms with Crippen LogP contribution in [0.2, 0.25) is 5.02 Å². The fourth-order valence-electron chi connectivity index (χ4n) is 4.47. The van der Waals surface area contributed by atoms with Crippen LogP contribution in [0.1, 0.15) is 29.5 Å². The predicted octanol–water partition coefficient (Wildman–Crippen LogP) is 3.03. The zero-order valence-corrected chi connectivity index (χ0v) is 20.9. The molecule has 0 spiro atoms. The van der Waals surface area contributed by atoms with Crippen LogP contribution in [-0.4, -0.2) is 62.9 Å². The summed E-state index contributed by atoms with van der Waals surface area (Å²) in [6.07, 6.45) is 1.06. The number of rotatable bonds is 8. The number of nitrogens with one attached hydrogen (secondary N) is 1. The van der Waals surface area contributed by atoms with Crippen LogP contribution in [0, 0.1) is 5.92 Å². The summed E-state index contributed by atoms with van der Waals surface area (Å²) in [4.78, 5) is 15.1. The van der Waals surface area contributed by atoms with E-state index in [9.17, 15) is 13.2 Å². The molecule has 1 N–H and O–H groups in total. The molecule has 2 saturated heterocycles. The maximum absolute atomic E-state index is 12.8. The zero-order valence-electron chi connectivity index (χ0n) is 19.3. The molecule has 34 heavy (non-hydrogen) atoms. The number of amides is 1. The molecule has 1 amide bonds. The Hall–Kier alpha value is -1.97. The highest BCUT2D eigenvalue weighted by Gasteiger charge is 2.31. The first kappa shape index (κ1) is 25.1. The summed E-state index contributed by atoms with van der Waals surface area (Å²) in [5.74, 6) is -0.228. The monoisotopic (exact) mass is 505 g/mol. The topological polar surface area (TPSA) is 79.0 Å². The van der Waals surface area contributed by atoms with Crippen LogP contribution >= 0.6 is 11.6 Å². The Morgan fingerprint density at radius 2 is 1.65 bits per heavy atom. The van der Waals surface area contributed by atoms with Crippen molar-refractivity contribution in [3.63, 3.8) is 0 Å². The zero-order chi connectivity index (χ0) is 24.0. The second-order valence-electron chi connectivity index (χ2n) is 8.98. The minimum Gasteiger partial charge on any atom is -0.379 e. The van der Waals surface area contributed by atoms with Crippen molar-refractivity contribution in [2.45, 2.75) is 31.7 Å². The Morgan fingerprint density at radius 3 is 2.35 bits per heavy atom. The number of hydrogen-bond donors (Lipinski definition) is 1. The number of ether oxygens (including phenoxy) is 1. The highest BCUT2D eigenvalue weighted by atomic mass is 35.5. The van der Waals surface area contributed by atoms with Crippen molar-refractivity contribution in [2.75, 3.05) is 39.4 Å². The minimum absolute atomic E-state index is 0.00617. The van der Waals surface area contributed by atoms with Gasteiger partial charge in [-0.3, -0.25) is 9.69 Å². The summed E-state index contributed by atoms with van der Waals surface area (Å²) < 4.78 is 32.5. The van der Waals surface area contributed by atoms with Gasteiger partial charge in [0.05, 0.1) is 19.0 Å². The van der Waals surface area contributed by atoms with Crippen molar-refractivity contribution in [3.8, 4) is 0 Å². The third-order valence-electron chi connectivity index (χ3n) is 6.45. The lowest BCUT2D eigenvalue weighted by Gasteiger charge is -2.30. The lowest BCUT2D eigenvalue weighted by atomic mass is 9.97. The highest BCUT2D eigenvalue weighted by molar-refractivity contribution is 7.88. The number of piperidine rings is 1. The molecule has 0 saturated carbocycles. The van der Waals surface area contributed by atoms with Crippen molar-refractivity contribution in [1.29, 1.82) is 0 Å². The first-order chi connectivity index (χ1) is 16.4. The largest absolute Gasteiger partial charge is 0.379 e. The molecule has 2 aromatic rings. The van der Waals surface area contributed by atoms with E-state index in [0.29, 0.717) is 43.1 Å². The van der Waals surface area contributed by atoms with Gasteiger partial charge in [-0.2, -0.15) is 0 Å². The van der Waals surface area contributed by atoms with Gasteiger partial charge in [-0.15, -0.1) is 0 Å². The summed E-state index contributed by atoms with van der Waals surface area (Å²) in [5, 5.41) is 3.63. The van der Waals surface area contributed by atoms with Crippen LogP contribution in [-0.2, 0) is 38.4 Å². The summed E-state index contributed by atoms with van der Waals surface area (Å²) in [6, 6.07) is 15.2. The Kier molecular flexibility index (Phi) is 8.60. The van der Waals surface area contributed by atoms with Gasteiger partial charge < -0.3 is 10.1 Å². The van der Waals surface area contributed by atoms with Crippen molar-refractivity contribution in [3.05, 3.63) is 70.2 Å². The number of sulfonamides is 1. The van der Waals surface area contributed by atoms with Crippen LogP contribution in [0.25, 0.3) is 0 Å². The fraction of sp³-hybridized carbons (Fsp3) is 0.480. The van der Waals surface area contributed by atoms with Gasteiger partial charge in [-0.1, -0.05) is 48.0 Å². The molecule has 9 heteroatoms. The molecule has 4 rings (SSSR count). The number of halogens is 1. The van der Waals surface area contributed by atoms with E-state index < -0.39 is 10.0 Å². The van der Waals surface area contributed by atoms with E-state index in [0.717, 1.165) is 38.4 Å². The number of benzene rings is 2.